The van der Waals surface area contributed by atoms with Crippen molar-refractivity contribution in [3.05, 3.63) is 47.3 Å². The largest absolute Gasteiger partial charge is 0.364 e. The van der Waals surface area contributed by atoms with Crippen molar-refractivity contribution in [1.82, 2.24) is 29.6 Å². The summed E-state index contributed by atoms with van der Waals surface area (Å²) < 4.78 is 13.7. The third-order valence-corrected chi connectivity index (χ3v) is 6.95. The summed E-state index contributed by atoms with van der Waals surface area (Å²) in [7, 11) is 0. The number of nitrogens with two attached hydrogens (primary N) is 1. The molecule has 2 atom stereocenters. The normalized spacial score (nSPS) is 21.8. The number of anilines is 2. The molecule has 0 spiro atoms. The minimum Gasteiger partial charge on any atom is -0.364 e. The van der Waals surface area contributed by atoms with Crippen LogP contribution in [-0.2, 0) is 17.6 Å². The van der Waals surface area contributed by atoms with Gasteiger partial charge in [-0.3, -0.25) is 9.89 Å². The SMILES string of the molecule is CC(C)c1cc(Nc2nc([N+]3(c4ccc(F)nc4)CCCC3C(N)=O)nc3c2CC(=S)C3)n[nH]1. The number of H-pyrrole nitrogens is 1. The molecule has 0 saturated carbocycles. The van der Waals surface area contributed by atoms with Crippen molar-refractivity contribution in [3.8, 4) is 0 Å². The first-order valence-corrected chi connectivity index (χ1v) is 11.7. The highest BCUT2D eigenvalue weighted by Crippen LogP contribution is 2.43. The molecular weight excluding hydrogens is 455 g/mol. The number of nitrogens with one attached hydrogen (secondary N) is 2. The van der Waals surface area contributed by atoms with Gasteiger partial charge >= 0.3 is 5.95 Å². The molecule has 1 aliphatic carbocycles. The first-order chi connectivity index (χ1) is 16.3. The van der Waals surface area contributed by atoms with Crippen LogP contribution in [0.15, 0.2) is 24.4 Å². The van der Waals surface area contributed by atoms with Crippen molar-refractivity contribution in [2.75, 3.05) is 11.9 Å². The van der Waals surface area contributed by atoms with Crippen molar-refractivity contribution in [2.45, 2.75) is 51.5 Å². The summed E-state index contributed by atoms with van der Waals surface area (Å²) in [6.07, 6.45) is 3.89. The Kier molecular flexibility index (Phi) is 5.61. The average Bonchev–Trinajstić information content (AvgIpc) is 3.52. The summed E-state index contributed by atoms with van der Waals surface area (Å²) in [5.74, 6) is 0.896. The third-order valence-electron chi connectivity index (χ3n) is 6.66. The van der Waals surface area contributed by atoms with E-state index in [9.17, 15) is 9.18 Å². The molecule has 2 aliphatic rings. The van der Waals surface area contributed by atoms with Gasteiger partial charge < -0.3 is 11.1 Å². The molecule has 34 heavy (non-hydrogen) atoms. The molecule has 1 aliphatic heterocycles. The summed E-state index contributed by atoms with van der Waals surface area (Å²) in [6.45, 7) is 4.71. The Balaban J connectivity index is 1.67. The predicted molar refractivity (Wildman–Crippen MR) is 131 cm³/mol. The lowest BCUT2D eigenvalue weighted by molar-refractivity contribution is -0.121. The van der Waals surface area contributed by atoms with E-state index in [1.807, 2.05) is 6.07 Å². The molecular formula is C23H26FN8OS+. The fourth-order valence-corrected chi connectivity index (χ4v) is 5.21. The van der Waals surface area contributed by atoms with Crippen molar-refractivity contribution < 1.29 is 9.18 Å². The van der Waals surface area contributed by atoms with E-state index in [0.29, 0.717) is 55.0 Å². The number of quaternary nitrogens is 1. The second-order valence-corrected chi connectivity index (χ2v) is 9.75. The number of carbonyl (C=O) groups excluding carboxylic acids is 1. The van der Waals surface area contributed by atoms with E-state index >= 15 is 0 Å². The first kappa shape index (κ1) is 22.5. The van der Waals surface area contributed by atoms with Crippen molar-refractivity contribution in [1.29, 1.82) is 0 Å². The monoisotopic (exact) mass is 481 g/mol. The summed E-state index contributed by atoms with van der Waals surface area (Å²) in [5, 5.41) is 10.7. The van der Waals surface area contributed by atoms with Crippen LogP contribution in [0.1, 0.15) is 49.6 Å². The molecule has 1 amide bonds. The van der Waals surface area contributed by atoms with Gasteiger partial charge in [-0.2, -0.15) is 19.5 Å². The number of hydrogen-bond donors (Lipinski definition) is 3. The van der Waals surface area contributed by atoms with E-state index in [-0.39, 0.29) is 4.48 Å². The molecule has 11 heteroatoms. The number of primary amides is 1. The molecule has 4 heterocycles. The van der Waals surface area contributed by atoms with Gasteiger partial charge in [0.1, 0.15) is 5.82 Å². The summed E-state index contributed by atoms with van der Waals surface area (Å²) >= 11 is 5.52. The molecule has 176 valence electrons. The number of thiocarbonyl (C=S) groups is 1. The molecule has 9 nitrogen and oxygen atoms in total. The minimum atomic E-state index is -0.598. The van der Waals surface area contributed by atoms with Crippen LogP contribution in [0.25, 0.3) is 0 Å². The highest BCUT2D eigenvalue weighted by atomic mass is 32.1. The lowest BCUT2D eigenvalue weighted by Gasteiger charge is -2.35. The van der Waals surface area contributed by atoms with Gasteiger partial charge in [0.25, 0.3) is 5.91 Å². The summed E-state index contributed by atoms with van der Waals surface area (Å²) in [6, 6.07) is 4.26. The Morgan fingerprint density at radius 2 is 2.15 bits per heavy atom. The molecule has 0 aromatic carbocycles. The second kappa shape index (κ2) is 8.48. The van der Waals surface area contributed by atoms with Gasteiger partial charge in [-0.15, -0.1) is 0 Å². The lowest BCUT2D eigenvalue weighted by atomic mass is 10.1. The van der Waals surface area contributed by atoms with Gasteiger partial charge in [0.05, 0.1) is 18.4 Å². The van der Waals surface area contributed by atoms with E-state index in [2.05, 4.69) is 34.3 Å². The highest BCUT2D eigenvalue weighted by Gasteiger charge is 2.52. The summed E-state index contributed by atoms with van der Waals surface area (Å²) in [5.41, 5.74) is 9.21. The maximum absolute atomic E-state index is 13.7. The highest BCUT2D eigenvalue weighted by molar-refractivity contribution is 7.80. The number of carbonyl (C=O) groups is 1. The van der Waals surface area contributed by atoms with Gasteiger partial charge in [-0.1, -0.05) is 26.1 Å². The zero-order valence-corrected chi connectivity index (χ0v) is 19.8. The summed E-state index contributed by atoms with van der Waals surface area (Å²) in [4.78, 5) is 27.1. The Bertz CT molecular complexity index is 1270. The number of amides is 1. The zero-order valence-electron chi connectivity index (χ0n) is 19.0. The van der Waals surface area contributed by atoms with Crippen LogP contribution < -0.4 is 15.5 Å². The predicted octanol–water partition coefficient (Wildman–Crippen LogP) is 3.36. The van der Waals surface area contributed by atoms with Crippen molar-refractivity contribution >= 4 is 46.3 Å². The Morgan fingerprint density at radius 1 is 1.32 bits per heavy atom. The van der Waals surface area contributed by atoms with Gasteiger partial charge in [-0.05, 0) is 12.0 Å². The third kappa shape index (κ3) is 3.74. The molecule has 4 N–H and O–H groups in total. The molecule has 3 aromatic rings. The molecule has 1 fully saturated rings. The maximum Gasteiger partial charge on any atom is 0.337 e. The molecule has 3 aromatic heterocycles. The number of pyridine rings is 1. The van der Waals surface area contributed by atoms with Gasteiger partial charge in [0.2, 0.25) is 5.95 Å². The number of hydrogen-bond acceptors (Lipinski definition) is 7. The first-order valence-electron chi connectivity index (χ1n) is 11.3. The van der Waals surface area contributed by atoms with E-state index in [1.165, 1.54) is 12.3 Å². The van der Waals surface area contributed by atoms with Crippen molar-refractivity contribution in [3.63, 3.8) is 0 Å². The van der Waals surface area contributed by atoms with Crippen LogP contribution in [-0.4, -0.2) is 48.5 Å². The van der Waals surface area contributed by atoms with E-state index < -0.39 is 17.9 Å². The molecule has 1 saturated heterocycles. The Morgan fingerprint density at radius 3 is 2.82 bits per heavy atom. The van der Waals surface area contributed by atoms with Crippen molar-refractivity contribution in [2.24, 2.45) is 5.73 Å². The molecule has 0 bridgehead atoms. The van der Waals surface area contributed by atoms with Crippen LogP contribution in [0.3, 0.4) is 0 Å². The number of nitrogens with zero attached hydrogens (tertiary/aromatic N) is 5. The van der Waals surface area contributed by atoms with E-state index in [1.54, 1.807) is 6.07 Å². The van der Waals surface area contributed by atoms with E-state index in [4.69, 9.17) is 27.9 Å². The topological polar surface area (TPSA) is 122 Å². The van der Waals surface area contributed by atoms with Crippen LogP contribution >= 0.6 is 12.2 Å². The fraction of sp³-hybridized carbons (Fsp3) is 0.391. The lowest BCUT2D eigenvalue weighted by Crippen LogP contribution is -2.55. The second-order valence-electron chi connectivity index (χ2n) is 9.17. The maximum atomic E-state index is 13.7. The minimum absolute atomic E-state index is 0.00482. The van der Waals surface area contributed by atoms with Crippen LogP contribution in [0, 0.1) is 5.95 Å². The van der Waals surface area contributed by atoms with Gasteiger partial charge in [0.15, 0.2) is 17.5 Å². The number of aromatic nitrogens is 5. The Hall–Kier alpha value is -3.31. The number of aromatic amines is 1. The van der Waals surface area contributed by atoms with Crippen LogP contribution in [0.2, 0.25) is 0 Å². The van der Waals surface area contributed by atoms with Gasteiger partial charge in [0, 0.05) is 53.9 Å². The number of halogens is 1. The fourth-order valence-electron chi connectivity index (χ4n) is 4.93. The van der Waals surface area contributed by atoms with Crippen LogP contribution in [0.4, 0.5) is 27.7 Å². The molecule has 2 unspecified atom stereocenters. The quantitative estimate of drug-likeness (QED) is 0.280. The zero-order chi connectivity index (χ0) is 24.0. The molecule has 0 radical (unpaired) electrons. The molecule has 5 rings (SSSR count). The smallest absolute Gasteiger partial charge is 0.337 e. The van der Waals surface area contributed by atoms with Crippen LogP contribution in [0.5, 0.6) is 0 Å². The van der Waals surface area contributed by atoms with Gasteiger partial charge in [-0.25, -0.2) is 9.47 Å². The number of rotatable bonds is 6. The standard InChI is InChI=1S/C23H25FN8OS/c1-12(2)16-10-20(31-30-16)28-22-15-8-14(34)9-17(15)27-23(29-22)32(7-3-4-18(32)21(25)33)13-5-6-19(24)26-11-13/h5-6,10-12,18H,3-4,7-9H2,1-2H3,(H3-,25,27,28,29,30,31,33)/p+1. The Labute approximate surface area is 201 Å². The van der Waals surface area contributed by atoms with E-state index in [0.717, 1.165) is 28.2 Å². The average molecular weight is 482 g/mol. The number of fused-ring (bicyclic) bond motifs is 1.